The molecule has 2 heterocycles. The largest absolute Gasteiger partial charge is 0.507 e. The molecule has 1 aromatic heterocycles. The zero-order valence-electron chi connectivity index (χ0n) is 17.3. The molecule has 2 aromatic carbocycles. The fourth-order valence-electron chi connectivity index (χ4n) is 3.58. The van der Waals surface area contributed by atoms with E-state index in [-0.39, 0.29) is 45.5 Å². The summed E-state index contributed by atoms with van der Waals surface area (Å²) in [6.45, 7) is -0.644. The SMILES string of the molecule is COc1cc(-c2[o+]c3cc(O)cc(O)c3cc2O[C@@H]2O[C@H](CO)[C@H](O)[C@H](O)[C@H]2O)ccc1O. The molecule has 5 atom stereocenters. The molecule has 33 heavy (non-hydrogen) atoms. The minimum Gasteiger partial charge on any atom is -0.507 e. The molecule has 11 nitrogen and oxygen atoms in total. The number of hydrogen-bond donors (Lipinski definition) is 7. The lowest BCUT2D eigenvalue weighted by Gasteiger charge is -2.39. The van der Waals surface area contributed by atoms with Gasteiger partial charge in [0.25, 0.3) is 0 Å². The molecule has 0 unspecified atom stereocenters. The molecule has 1 saturated heterocycles. The highest BCUT2D eigenvalue weighted by Gasteiger charge is 2.45. The Bertz CT molecular complexity index is 1160. The maximum Gasteiger partial charge on any atom is 0.402 e. The summed E-state index contributed by atoms with van der Waals surface area (Å²) in [4.78, 5) is 0. The van der Waals surface area contributed by atoms with Gasteiger partial charge in [0, 0.05) is 18.2 Å². The zero-order valence-corrected chi connectivity index (χ0v) is 17.3. The summed E-state index contributed by atoms with van der Waals surface area (Å²) in [5.41, 5.74) is 0.449. The van der Waals surface area contributed by atoms with Crippen molar-refractivity contribution in [2.24, 2.45) is 0 Å². The van der Waals surface area contributed by atoms with E-state index in [4.69, 9.17) is 18.6 Å². The van der Waals surface area contributed by atoms with Crippen LogP contribution in [0.25, 0.3) is 22.3 Å². The zero-order chi connectivity index (χ0) is 23.9. The lowest BCUT2D eigenvalue weighted by molar-refractivity contribution is -0.277. The third-order valence-electron chi connectivity index (χ3n) is 5.35. The van der Waals surface area contributed by atoms with Crippen LogP contribution in [-0.4, -0.2) is 80.2 Å². The van der Waals surface area contributed by atoms with E-state index in [1.807, 2.05) is 0 Å². The lowest BCUT2D eigenvalue weighted by atomic mass is 9.99. The van der Waals surface area contributed by atoms with E-state index >= 15 is 0 Å². The highest BCUT2D eigenvalue weighted by molar-refractivity contribution is 5.88. The molecule has 1 fully saturated rings. The first kappa shape index (κ1) is 22.8. The Morgan fingerprint density at radius 1 is 0.909 bits per heavy atom. The second-order valence-corrected chi connectivity index (χ2v) is 7.52. The monoisotopic (exact) mass is 463 g/mol. The normalized spacial score (nSPS) is 25.2. The van der Waals surface area contributed by atoms with Gasteiger partial charge in [0.1, 0.15) is 41.3 Å². The van der Waals surface area contributed by atoms with Crippen LogP contribution in [-0.2, 0) is 4.74 Å². The number of rotatable bonds is 5. The van der Waals surface area contributed by atoms with Crippen LogP contribution in [0, 0.1) is 0 Å². The van der Waals surface area contributed by atoms with Gasteiger partial charge in [-0.25, -0.2) is 4.42 Å². The van der Waals surface area contributed by atoms with Crippen molar-refractivity contribution in [3.8, 4) is 40.1 Å². The van der Waals surface area contributed by atoms with Gasteiger partial charge < -0.3 is 50.0 Å². The molecule has 1 aliphatic heterocycles. The van der Waals surface area contributed by atoms with Gasteiger partial charge in [-0.2, -0.15) is 0 Å². The molecule has 0 spiro atoms. The standard InChI is InChI=1S/C22H22O11/c1-30-15-4-9(2-3-12(15)25)21-16(7-11-13(26)5-10(24)6-14(11)31-21)32-22-20(29)19(28)18(27)17(8-23)33-22/h2-7,17-20,22-23,27-29H,8H2,1H3,(H2-,24,25,26)/p+1/t17-,18+,19+,20-,22-/m1/s1. The smallest absolute Gasteiger partial charge is 0.402 e. The first-order valence-electron chi connectivity index (χ1n) is 9.91. The van der Waals surface area contributed by atoms with Gasteiger partial charge in [-0.3, -0.25) is 0 Å². The van der Waals surface area contributed by atoms with Gasteiger partial charge in [-0.05, 0) is 12.1 Å². The van der Waals surface area contributed by atoms with Crippen molar-refractivity contribution in [2.75, 3.05) is 13.7 Å². The number of benzene rings is 2. The van der Waals surface area contributed by atoms with E-state index in [1.165, 1.54) is 37.4 Å². The molecule has 0 amide bonds. The molecule has 0 bridgehead atoms. The Morgan fingerprint density at radius 2 is 1.67 bits per heavy atom. The summed E-state index contributed by atoms with van der Waals surface area (Å²) >= 11 is 0. The number of aliphatic hydroxyl groups excluding tert-OH is 4. The van der Waals surface area contributed by atoms with Crippen LogP contribution in [0.5, 0.6) is 28.7 Å². The van der Waals surface area contributed by atoms with Crippen molar-refractivity contribution in [3.63, 3.8) is 0 Å². The second kappa shape index (κ2) is 8.89. The van der Waals surface area contributed by atoms with Crippen LogP contribution >= 0.6 is 0 Å². The highest BCUT2D eigenvalue weighted by atomic mass is 16.7. The number of ether oxygens (including phenoxy) is 3. The summed E-state index contributed by atoms with van der Waals surface area (Å²) in [5.74, 6) is -0.583. The maximum atomic E-state index is 10.4. The van der Waals surface area contributed by atoms with Crippen molar-refractivity contribution < 1.29 is 54.4 Å². The van der Waals surface area contributed by atoms with Gasteiger partial charge in [-0.15, -0.1) is 0 Å². The average molecular weight is 463 g/mol. The quantitative estimate of drug-likeness (QED) is 0.264. The van der Waals surface area contributed by atoms with E-state index in [9.17, 15) is 35.7 Å². The third-order valence-corrected chi connectivity index (χ3v) is 5.35. The van der Waals surface area contributed by atoms with E-state index in [0.29, 0.717) is 5.56 Å². The van der Waals surface area contributed by atoms with E-state index < -0.39 is 37.3 Å². The van der Waals surface area contributed by atoms with Crippen molar-refractivity contribution in [1.82, 2.24) is 0 Å². The van der Waals surface area contributed by atoms with E-state index in [0.717, 1.165) is 6.07 Å². The Morgan fingerprint density at radius 3 is 2.36 bits per heavy atom. The summed E-state index contributed by atoms with van der Waals surface area (Å²) in [6.07, 6.45) is -7.65. The fraction of sp³-hybridized carbons (Fsp3) is 0.318. The molecule has 3 aromatic rings. The van der Waals surface area contributed by atoms with Gasteiger partial charge in [0.15, 0.2) is 11.5 Å². The number of phenols is 3. The Balaban J connectivity index is 1.84. The van der Waals surface area contributed by atoms with Gasteiger partial charge in [-0.1, -0.05) is 0 Å². The summed E-state index contributed by atoms with van der Waals surface area (Å²) < 4.78 is 22.2. The summed E-state index contributed by atoms with van der Waals surface area (Å²) in [5, 5.41) is 70.0. The minimum absolute atomic E-state index is 0.0442. The Hall–Kier alpha value is -3.35. The molecule has 1 aliphatic rings. The Kier molecular flexibility index (Phi) is 6.15. The first-order chi connectivity index (χ1) is 15.7. The van der Waals surface area contributed by atoms with Crippen LogP contribution in [0.4, 0.5) is 0 Å². The molecular formula is C22H23O11+. The summed E-state index contributed by atoms with van der Waals surface area (Å²) in [7, 11) is 1.36. The van der Waals surface area contributed by atoms with Gasteiger partial charge >= 0.3 is 11.3 Å². The van der Waals surface area contributed by atoms with E-state index in [2.05, 4.69) is 0 Å². The van der Waals surface area contributed by atoms with Crippen molar-refractivity contribution in [2.45, 2.75) is 30.7 Å². The third kappa shape index (κ3) is 4.19. The molecule has 0 saturated carbocycles. The predicted octanol–water partition coefficient (Wildman–Crippen LogP) is 0.685. The van der Waals surface area contributed by atoms with Gasteiger partial charge in [0.05, 0.1) is 25.3 Å². The number of methoxy groups -OCH3 is 1. The van der Waals surface area contributed by atoms with Crippen LogP contribution in [0.3, 0.4) is 0 Å². The topological polar surface area (TPSA) is 181 Å². The number of hydrogen-bond acceptors (Lipinski definition) is 10. The molecule has 0 aliphatic carbocycles. The second-order valence-electron chi connectivity index (χ2n) is 7.52. The summed E-state index contributed by atoms with van der Waals surface area (Å²) in [6, 6.07) is 8.02. The first-order valence-corrected chi connectivity index (χ1v) is 9.91. The molecule has 0 radical (unpaired) electrons. The lowest BCUT2D eigenvalue weighted by Crippen LogP contribution is -2.60. The number of aromatic hydroxyl groups is 3. The van der Waals surface area contributed by atoms with Crippen LogP contribution < -0.4 is 9.47 Å². The van der Waals surface area contributed by atoms with Gasteiger partial charge in [0.2, 0.25) is 12.0 Å². The highest BCUT2D eigenvalue weighted by Crippen LogP contribution is 2.42. The van der Waals surface area contributed by atoms with Crippen molar-refractivity contribution >= 4 is 11.0 Å². The maximum absolute atomic E-state index is 10.4. The van der Waals surface area contributed by atoms with Crippen LogP contribution in [0.2, 0.25) is 0 Å². The molecule has 4 rings (SSSR count). The molecule has 11 heteroatoms. The number of aliphatic hydroxyl groups is 4. The number of fused-ring (bicyclic) bond motifs is 1. The number of phenolic OH excluding ortho intramolecular Hbond substituents is 3. The van der Waals surface area contributed by atoms with Crippen molar-refractivity contribution in [1.29, 1.82) is 0 Å². The predicted molar refractivity (Wildman–Crippen MR) is 112 cm³/mol. The van der Waals surface area contributed by atoms with Crippen LogP contribution in [0.1, 0.15) is 0 Å². The minimum atomic E-state index is -1.69. The molecular weight excluding hydrogens is 440 g/mol. The fourth-order valence-corrected chi connectivity index (χ4v) is 3.58. The molecule has 7 N–H and O–H groups in total. The average Bonchev–Trinajstić information content (AvgIpc) is 2.79. The van der Waals surface area contributed by atoms with Crippen molar-refractivity contribution in [3.05, 3.63) is 36.4 Å². The molecule has 176 valence electrons. The Labute approximate surface area is 186 Å². The van der Waals surface area contributed by atoms with Crippen LogP contribution in [0.15, 0.2) is 40.8 Å². The van der Waals surface area contributed by atoms with E-state index in [1.54, 1.807) is 0 Å².